The minimum atomic E-state index is -0.223. The van der Waals surface area contributed by atoms with Gasteiger partial charge in [-0.25, -0.2) is 0 Å². The van der Waals surface area contributed by atoms with Crippen LogP contribution in [-0.2, 0) is 13.6 Å². The zero-order valence-corrected chi connectivity index (χ0v) is 15.4. The van der Waals surface area contributed by atoms with Crippen molar-refractivity contribution >= 4 is 11.9 Å². The van der Waals surface area contributed by atoms with Crippen molar-refractivity contribution in [2.75, 3.05) is 12.4 Å². The number of carbonyl (C=O) groups excluding carboxylic acids is 1. The minimum Gasteiger partial charge on any atom is -0.468 e. The number of aryl methyl sites for hydroxylation is 2. The molecule has 0 spiro atoms. The number of nitrogens with zero attached hydrogens (tertiary/aromatic N) is 4. The lowest BCUT2D eigenvalue weighted by atomic mass is 10.1. The molecule has 1 amide bonds. The number of benzene rings is 1. The summed E-state index contributed by atoms with van der Waals surface area (Å²) in [6.07, 6.45) is 1.69. The standard InChI is InChI=1S/C19H23N5O2/c1-13(17-6-5-11-26-17)23(3)12-15-7-9-16(10-8-15)18(25)21-19-20-14(2)24(4)22-19/h5-11,13H,12H2,1-4H3,(H,21,22,25). The second-order valence-corrected chi connectivity index (χ2v) is 6.36. The van der Waals surface area contributed by atoms with Crippen LogP contribution in [-0.4, -0.2) is 32.6 Å². The normalized spacial score (nSPS) is 12.3. The molecule has 0 bridgehead atoms. The lowest BCUT2D eigenvalue weighted by Gasteiger charge is -2.23. The predicted molar refractivity (Wildman–Crippen MR) is 98.7 cm³/mol. The number of hydrogen-bond donors (Lipinski definition) is 1. The van der Waals surface area contributed by atoms with E-state index in [-0.39, 0.29) is 11.9 Å². The Morgan fingerprint density at radius 2 is 2.04 bits per heavy atom. The van der Waals surface area contributed by atoms with Crippen LogP contribution in [0.4, 0.5) is 5.95 Å². The van der Waals surface area contributed by atoms with Gasteiger partial charge in [0.2, 0.25) is 5.95 Å². The smallest absolute Gasteiger partial charge is 0.258 e. The highest BCUT2D eigenvalue weighted by Crippen LogP contribution is 2.21. The number of amides is 1. The van der Waals surface area contributed by atoms with Crippen LogP contribution in [0.2, 0.25) is 0 Å². The largest absolute Gasteiger partial charge is 0.468 e. The fourth-order valence-corrected chi connectivity index (χ4v) is 2.62. The summed E-state index contributed by atoms with van der Waals surface area (Å²) in [7, 11) is 3.83. The van der Waals surface area contributed by atoms with E-state index >= 15 is 0 Å². The summed E-state index contributed by atoms with van der Waals surface area (Å²) < 4.78 is 7.08. The van der Waals surface area contributed by atoms with Gasteiger partial charge in [-0.3, -0.25) is 19.7 Å². The topological polar surface area (TPSA) is 76.2 Å². The van der Waals surface area contributed by atoms with E-state index in [1.54, 1.807) is 18.0 Å². The second-order valence-electron chi connectivity index (χ2n) is 6.36. The van der Waals surface area contributed by atoms with E-state index in [0.29, 0.717) is 11.5 Å². The Kier molecular flexibility index (Phi) is 5.18. The third-order valence-electron chi connectivity index (χ3n) is 4.47. The van der Waals surface area contributed by atoms with E-state index in [1.165, 1.54) is 0 Å². The average Bonchev–Trinajstić information content (AvgIpc) is 3.25. The number of nitrogens with one attached hydrogen (secondary N) is 1. The van der Waals surface area contributed by atoms with Gasteiger partial charge in [-0.05, 0) is 50.7 Å². The van der Waals surface area contributed by atoms with Gasteiger partial charge >= 0.3 is 0 Å². The molecule has 7 heteroatoms. The van der Waals surface area contributed by atoms with Gasteiger partial charge in [0.05, 0.1) is 12.3 Å². The summed E-state index contributed by atoms with van der Waals surface area (Å²) >= 11 is 0. The van der Waals surface area contributed by atoms with Crippen LogP contribution in [0.15, 0.2) is 47.1 Å². The molecule has 0 aliphatic carbocycles. The molecule has 3 aromatic rings. The average molecular weight is 353 g/mol. The number of furan rings is 1. The van der Waals surface area contributed by atoms with E-state index in [4.69, 9.17) is 4.42 Å². The zero-order chi connectivity index (χ0) is 18.7. The van der Waals surface area contributed by atoms with Crippen molar-refractivity contribution in [2.24, 2.45) is 7.05 Å². The molecule has 1 N–H and O–H groups in total. The maximum atomic E-state index is 12.3. The summed E-state index contributed by atoms with van der Waals surface area (Å²) in [6.45, 7) is 4.69. The van der Waals surface area contributed by atoms with Gasteiger partial charge in [0, 0.05) is 19.2 Å². The molecule has 136 valence electrons. The summed E-state index contributed by atoms with van der Waals surface area (Å²) in [5.41, 5.74) is 1.69. The van der Waals surface area contributed by atoms with Crippen molar-refractivity contribution in [3.8, 4) is 0 Å². The minimum absolute atomic E-state index is 0.173. The molecule has 0 saturated carbocycles. The first-order valence-electron chi connectivity index (χ1n) is 8.45. The Morgan fingerprint density at radius 3 is 2.62 bits per heavy atom. The number of rotatable bonds is 6. The Bertz CT molecular complexity index is 848. The van der Waals surface area contributed by atoms with Gasteiger partial charge in [0.25, 0.3) is 5.91 Å². The highest BCUT2D eigenvalue weighted by Gasteiger charge is 2.15. The van der Waals surface area contributed by atoms with Crippen LogP contribution in [0.5, 0.6) is 0 Å². The summed E-state index contributed by atoms with van der Waals surface area (Å²) in [5, 5.41) is 6.85. The SMILES string of the molecule is Cc1nc(NC(=O)c2ccc(CN(C)C(C)c3ccco3)cc2)nn1C. The Morgan fingerprint density at radius 1 is 1.31 bits per heavy atom. The van der Waals surface area contributed by atoms with Gasteiger partial charge < -0.3 is 4.42 Å². The van der Waals surface area contributed by atoms with Crippen molar-refractivity contribution < 1.29 is 9.21 Å². The van der Waals surface area contributed by atoms with Crippen molar-refractivity contribution in [3.63, 3.8) is 0 Å². The van der Waals surface area contributed by atoms with Crippen LogP contribution in [0, 0.1) is 6.92 Å². The molecular weight excluding hydrogens is 330 g/mol. The summed E-state index contributed by atoms with van der Waals surface area (Å²) in [5.74, 6) is 1.76. The first kappa shape index (κ1) is 17.9. The van der Waals surface area contributed by atoms with Crippen LogP contribution < -0.4 is 5.32 Å². The number of hydrogen-bond acceptors (Lipinski definition) is 5. The van der Waals surface area contributed by atoms with E-state index in [9.17, 15) is 4.79 Å². The second kappa shape index (κ2) is 7.53. The zero-order valence-electron chi connectivity index (χ0n) is 15.4. The Labute approximate surface area is 152 Å². The molecule has 2 aromatic heterocycles. The molecule has 26 heavy (non-hydrogen) atoms. The van der Waals surface area contributed by atoms with Crippen molar-refractivity contribution in [3.05, 3.63) is 65.4 Å². The van der Waals surface area contributed by atoms with Crippen LogP contribution in [0.3, 0.4) is 0 Å². The van der Waals surface area contributed by atoms with Gasteiger partial charge in [0.1, 0.15) is 11.6 Å². The maximum Gasteiger partial charge on any atom is 0.258 e. The fraction of sp³-hybridized carbons (Fsp3) is 0.316. The molecule has 0 fully saturated rings. The van der Waals surface area contributed by atoms with E-state index in [0.717, 1.165) is 23.7 Å². The molecule has 0 saturated heterocycles. The molecule has 0 radical (unpaired) electrons. The highest BCUT2D eigenvalue weighted by atomic mass is 16.3. The quantitative estimate of drug-likeness (QED) is 0.737. The fourth-order valence-electron chi connectivity index (χ4n) is 2.62. The van der Waals surface area contributed by atoms with Gasteiger partial charge in [0.15, 0.2) is 0 Å². The molecule has 1 atom stereocenters. The van der Waals surface area contributed by atoms with Gasteiger partial charge in [-0.1, -0.05) is 12.1 Å². The lowest BCUT2D eigenvalue weighted by Crippen LogP contribution is -2.21. The van der Waals surface area contributed by atoms with E-state index in [2.05, 4.69) is 27.2 Å². The number of aromatic nitrogens is 3. The predicted octanol–water partition coefficient (Wildman–Crippen LogP) is 3.16. The van der Waals surface area contributed by atoms with Crippen LogP contribution in [0.25, 0.3) is 0 Å². The molecule has 3 rings (SSSR count). The van der Waals surface area contributed by atoms with Gasteiger partial charge in [-0.2, -0.15) is 4.98 Å². The van der Waals surface area contributed by atoms with Crippen LogP contribution in [0.1, 0.15) is 40.5 Å². The van der Waals surface area contributed by atoms with E-state index in [1.807, 2.05) is 50.4 Å². The summed E-state index contributed by atoms with van der Waals surface area (Å²) in [4.78, 5) is 18.7. The monoisotopic (exact) mass is 353 g/mol. The number of carbonyl (C=O) groups is 1. The third kappa shape index (κ3) is 4.00. The molecule has 0 aliphatic heterocycles. The highest BCUT2D eigenvalue weighted by molar-refractivity contribution is 6.03. The number of anilines is 1. The lowest BCUT2D eigenvalue weighted by molar-refractivity contribution is 0.102. The first-order valence-corrected chi connectivity index (χ1v) is 8.45. The molecule has 1 unspecified atom stereocenters. The first-order chi connectivity index (χ1) is 12.4. The maximum absolute atomic E-state index is 12.3. The molecule has 2 heterocycles. The summed E-state index contributed by atoms with van der Waals surface area (Å²) in [6, 6.07) is 11.6. The van der Waals surface area contributed by atoms with Gasteiger partial charge in [-0.15, -0.1) is 5.10 Å². The van der Waals surface area contributed by atoms with Crippen molar-refractivity contribution in [1.29, 1.82) is 0 Å². The Hall–Kier alpha value is -2.93. The molecule has 0 aliphatic rings. The van der Waals surface area contributed by atoms with Crippen LogP contribution >= 0.6 is 0 Å². The van der Waals surface area contributed by atoms with Crippen molar-refractivity contribution in [1.82, 2.24) is 19.7 Å². The van der Waals surface area contributed by atoms with Crippen molar-refractivity contribution in [2.45, 2.75) is 26.4 Å². The van der Waals surface area contributed by atoms with E-state index < -0.39 is 0 Å². The Balaban J connectivity index is 1.61. The molecule has 1 aromatic carbocycles. The molecular formula is C19H23N5O2. The third-order valence-corrected chi connectivity index (χ3v) is 4.47. The molecule has 7 nitrogen and oxygen atoms in total.